The van der Waals surface area contributed by atoms with Gasteiger partial charge in [-0.25, -0.2) is 0 Å². The third-order valence-corrected chi connectivity index (χ3v) is 12.3. The van der Waals surface area contributed by atoms with Crippen LogP contribution in [0.1, 0.15) is 88.5 Å². The van der Waals surface area contributed by atoms with Crippen LogP contribution in [0.5, 0.6) is 0 Å². The third kappa shape index (κ3) is 10.1. The van der Waals surface area contributed by atoms with Crippen LogP contribution in [0.25, 0.3) is 0 Å². The van der Waals surface area contributed by atoms with E-state index in [4.69, 9.17) is 28.4 Å². The van der Waals surface area contributed by atoms with Crippen molar-refractivity contribution in [1.82, 2.24) is 9.80 Å². The Morgan fingerprint density at radius 2 is 1.49 bits per heavy atom. The highest BCUT2D eigenvalue weighted by atomic mass is 16.7. The number of carbonyl (C=O) groups excluding carboxylic acids is 1. The fourth-order valence-electron chi connectivity index (χ4n) is 8.82. The van der Waals surface area contributed by atoms with Crippen LogP contribution in [0.15, 0.2) is 0 Å². The van der Waals surface area contributed by atoms with Gasteiger partial charge in [-0.05, 0) is 88.4 Å². The molecule has 0 spiro atoms. The second kappa shape index (κ2) is 18.0. The van der Waals surface area contributed by atoms with Gasteiger partial charge in [-0.2, -0.15) is 0 Å². The molecule has 15 heteroatoms. The number of esters is 1. The lowest BCUT2D eigenvalue weighted by atomic mass is 9.77. The molecule has 0 aromatic rings. The zero-order valence-electron chi connectivity index (χ0n) is 34.5. The van der Waals surface area contributed by atoms with Gasteiger partial charge in [0.15, 0.2) is 12.6 Å². The number of rotatable bonds is 7. The second-order valence-corrected chi connectivity index (χ2v) is 17.2. The summed E-state index contributed by atoms with van der Waals surface area (Å²) in [6, 6.07) is -1.31. The molecule has 3 aliphatic heterocycles. The van der Waals surface area contributed by atoms with Crippen molar-refractivity contribution < 1.29 is 63.9 Å². The lowest BCUT2D eigenvalue weighted by molar-refractivity contribution is -0.327. The topological polar surface area (TPSA) is 200 Å². The summed E-state index contributed by atoms with van der Waals surface area (Å²) in [5.41, 5.74) is -4.50. The summed E-state index contributed by atoms with van der Waals surface area (Å²) in [5.74, 6) is -2.78. The second-order valence-electron chi connectivity index (χ2n) is 17.2. The molecule has 6 N–H and O–H groups in total. The van der Waals surface area contributed by atoms with Gasteiger partial charge in [-0.15, -0.1) is 0 Å². The number of hydrogen-bond acceptors (Lipinski definition) is 15. The molecule has 0 amide bonds. The van der Waals surface area contributed by atoms with Crippen molar-refractivity contribution in [3.8, 4) is 0 Å². The van der Waals surface area contributed by atoms with Crippen molar-refractivity contribution in [3.63, 3.8) is 0 Å². The molecule has 3 rings (SSSR count). The van der Waals surface area contributed by atoms with Crippen LogP contribution < -0.4 is 0 Å². The summed E-state index contributed by atoms with van der Waals surface area (Å²) in [6.45, 7) is 17.5. The molecule has 0 aliphatic carbocycles. The van der Waals surface area contributed by atoms with Crippen molar-refractivity contribution in [3.05, 3.63) is 0 Å². The summed E-state index contributed by atoms with van der Waals surface area (Å²) in [6.07, 6.45) is -11.1. The first kappa shape index (κ1) is 46.3. The molecule has 53 heavy (non-hydrogen) atoms. The summed E-state index contributed by atoms with van der Waals surface area (Å²) < 4.78 is 37.3. The van der Waals surface area contributed by atoms with E-state index in [1.165, 1.54) is 14.0 Å². The third-order valence-electron chi connectivity index (χ3n) is 12.3. The highest BCUT2D eigenvalue weighted by Crippen LogP contribution is 2.40. The van der Waals surface area contributed by atoms with Gasteiger partial charge in [0.05, 0.1) is 53.7 Å². The Morgan fingerprint density at radius 1 is 0.887 bits per heavy atom. The predicted octanol–water partition coefficient (Wildman–Crippen LogP) is 0.872. The van der Waals surface area contributed by atoms with Gasteiger partial charge in [0.25, 0.3) is 0 Å². The Morgan fingerprint density at radius 3 is 2.04 bits per heavy atom. The van der Waals surface area contributed by atoms with Gasteiger partial charge in [0.1, 0.15) is 30.0 Å². The van der Waals surface area contributed by atoms with E-state index in [9.17, 15) is 35.4 Å². The van der Waals surface area contributed by atoms with Crippen molar-refractivity contribution >= 4 is 5.97 Å². The number of likely N-dealkylation sites (N-methyl/N-ethyl adjacent to an activating group) is 2. The van der Waals surface area contributed by atoms with E-state index in [2.05, 4.69) is 0 Å². The smallest absolute Gasteiger partial charge is 0.311 e. The Kier molecular flexibility index (Phi) is 15.8. The van der Waals surface area contributed by atoms with Crippen LogP contribution >= 0.6 is 0 Å². The maximum absolute atomic E-state index is 14.2. The molecule has 3 aliphatic rings. The number of cyclic esters (lactones) is 1. The molecule has 3 heterocycles. The summed E-state index contributed by atoms with van der Waals surface area (Å²) in [5, 5.41) is 69.1. The van der Waals surface area contributed by atoms with Crippen LogP contribution in [0.3, 0.4) is 0 Å². The van der Waals surface area contributed by atoms with Crippen LogP contribution in [-0.4, -0.2) is 178 Å². The highest BCUT2D eigenvalue weighted by molar-refractivity contribution is 5.73. The van der Waals surface area contributed by atoms with E-state index in [0.29, 0.717) is 6.54 Å². The van der Waals surface area contributed by atoms with Crippen molar-refractivity contribution in [1.29, 1.82) is 0 Å². The summed E-state index contributed by atoms with van der Waals surface area (Å²) >= 11 is 0. The van der Waals surface area contributed by atoms with Crippen molar-refractivity contribution in [2.75, 3.05) is 34.8 Å². The Bertz CT molecular complexity index is 1180. The molecular formula is C38H72N2O13. The molecule has 3 saturated heterocycles. The summed E-state index contributed by atoms with van der Waals surface area (Å²) in [4.78, 5) is 17.8. The van der Waals surface area contributed by atoms with E-state index >= 15 is 0 Å². The minimum atomic E-state index is -1.82. The monoisotopic (exact) mass is 765 g/mol. The van der Waals surface area contributed by atoms with E-state index < -0.39 is 114 Å². The van der Waals surface area contributed by atoms with Gasteiger partial charge < -0.3 is 68.9 Å². The number of methoxy groups -OCH3 is 1. The predicted molar refractivity (Wildman–Crippen MR) is 196 cm³/mol. The Labute approximate surface area is 316 Å². The molecule has 0 saturated carbocycles. The van der Waals surface area contributed by atoms with Crippen LogP contribution in [-0.2, 0) is 33.2 Å². The average Bonchev–Trinajstić information content (AvgIpc) is 3.06. The highest BCUT2D eigenvalue weighted by Gasteiger charge is 2.53. The van der Waals surface area contributed by atoms with Crippen LogP contribution in [0, 0.1) is 17.8 Å². The quantitative estimate of drug-likeness (QED) is 0.200. The molecule has 0 aromatic carbocycles. The zero-order chi connectivity index (χ0) is 40.5. The van der Waals surface area contributed by atoms with Gasteiger partial charge in [-0.3, -0.25) is 4.79 Å². The molecule has 0 aromatic heterocycles. The van der Waals surface area contributed by atoms with Crippen molar-refractivity contribution in [2.45, 2.75) is 185 Å². The largest absolute Gasteiger partial charge is 0.459 e. The van der Waals surface area contributed by atoms with Gasteiger partial charge in [0.2, 0.25) is 0 Å². The molecule has 0 unspecified atom stereocenters. The van der Waals surface area contributed by atoms with Crippen LogP contribution in [0.4, 0.5) is 0 Å². The maximum Gasteiger partial charge on any atom is 0.311 e. The number of aliphatic hydroxyl groups is 6. The maximum atomic E-state index is 14.2. The van der Waals surface area contributed by atoms with Crippen LogP contribution in [0.2, 0.25) is 0 Å². The molecule has 15 nitrogen and oxygen atoms in total. The molecule has 0 radical (unpaired) electrons. The normalized spacial score (nSPS) is 50.3. The average molecular weight is 765 g/mol. The fourth-order valence-corrected chi connectivity index (χ4v) is 8.82. The first-order chi connectivity index (χ1) is 24.3. The number of aliphatic hydroxyl groups excluding tert-OH is 4. The van der Waals surface area contributed by atoms with Gasteiger partial charge in [-0.1, -0.05) is 20.8 Å². The number of hydrogen-bond donors (Lipinski definition) is 6. The summed E-state index contributed by atoms with van der Waals surface area (Å²) in [7, 11) is 6.78. The minimum absolute atomic E-state index is 0.103. The van der Waals surface area contributed by atoms with E-state index in [1.54, 1.807) is 74.4 Å². The number of carbonyl (C=O) groups is 1. The van der Waals surface area contributed by atoms with E-state index in [0.717, 1.165) is 0 Å². The molecule has 3 fully saturated rings. The zero-order valence-corrected chi connectivity index (χ0v) is 34.5. The first-order valence-electron chi connectivity index (χ1n) is 19.3. The van der Waals surface area contributed by atoms with E-state index in [-0.39, 0.29) is 25.2 Å². The lowest BCUT2D eigenvalue weighted by Crippen LogP contribution is -2.64. The Balaban J connectivity index is 2.19. The van der Waals surface area contributed by atoms with E-state index in [1.807, 2.05) is 18.9 Å². The molecule has 19 atom stereocenters. The number of ether oxygens (including phenoxy) is 6. The fraction of sp³-hybridized carbons (Fsp3) is 0.974. The Hall–Kier alpha value is -1.05. The molecule has 312 valence electrons. The first-order valence-corrected chi connectivity index (χ1v) is 19.3. The lowest BCUT2D eigenvalue weighted by Gasteiger charge is -2.49. The van der Waals surface area contributed by atoms with Gasteiger partial charge >= 0.3 is 5.97 Å². The van der Waals surface area contributed by atoms with Crippen molar-refractivity contribution in [2.24, 2.45) is 17.8 Å². The minimum Gasteiger partial charge on any atom is -0.459 e. The standard InChI is InChI=1S/C38H72N2O13/c1-15-25-38(10,47)31(43)22(5)40(13)18-19(2)16-36(8,46)33(53-35-29(42)27(39(11)12)28(41)23(6)50-35)20(3)30(21(4)34(45)51-25)52-26-17-37(9,48-14)32(44)24(7)49-26/h19-33,35,41-44,46-47H,15-18H2,1-14H3/t19-,20+,21-,22-,23+,24-,25-,26+,27-,28+,29+,30+,31-,32+,33-,35-,36-,37-,38-/m1/s1. The molecule has 0 bridgehead atoms. The number of nitrogens with zero attached hydrogens (tertiary/aromatic N) is 2. The van der Waals surface area contributed by atoms with Gasteiger partial charge in [0, 0.05) is 32.0 Å². The SMILES string of the molecule is CC[C@H]1OC(=O)[C@H](C)[C@@H](O[C@H]2C[C@@](C)(OC)[C@@H](O)[C@@H](C)O2)[C@H](C)[C@@H](O[C@H]2O[C@@H](C)[C@H](O)[C@@H](N(C)C)[C@@H]2O)[C@](C)(O)C[C@@H](C)CN(C)[C@H](C)[C@@H](O)[C@]1(C)O. The molecular weight excluding hydrogens is 692 g/mol.